The van der Waals surface area contributed by atoms with Gasteiger partial charge in [-0.15, -0.1) is 0 Å². The molecule has 1 aliphatic carbocycles. The van der Waals surface area contributed by atoms with Crippen LogP contribution in [0.15, 0.2) is 36.5 Å². The van der Waals surface area contributed by atoms with Crippen molar-refractivity contribution < 1.29 is 50.3 Å². The molecule has 4 aliphatic rings. The largest absolute Gasteiger partial charge is 0.419 e. The van der Waals surface area contributed by atoms with Crippen molar-refractivity contribution in [3.05, 3.63) is 53.3 Å². The second kappa shape index (κ2) is 16.9. The van der Waals surface area contributed by atoms with Gasteiger partial charge in [-0.3, -0.25) is 39.2 Å². The number of imide groups is 1. The molecule has 1 aromatic heterocycles. The number of benzene rings is 1. The Morgan fingerprint density at radius 2 is 1.74 bits per heavy atom. The van der Waals surface area contributed by atoms with E-state index < -0.39 is 65.4 Å². The zero-order valence-electron chi connectivity index (χ0n) is 31.7. The van der Waals surface area contributed by atoms with E-state index in [1.54, 1.807) is 47.9 Å². The quantitative estimate of drug-likeness (QED) is 0.195. The molecule has 312 valence electrons. The number of hydrogen-bond donors (Lipinski definition) is 2. The number of alkyl halides is 6. The predicted octanol–water partition coefficient (Wildman–Crippen LogP) is 4.72. The fraction of sp³-hybridized carbons (Fsp3) is 0.553. The number of piperazine rings is 1. The van der Waals surface area contributed by atoms with E-state index in [1.165, 1.54) is 6.07 Å². The van der Waals surface area contributed by atoms with Crippen LogP contribution < -0.4 is 15.5 Å². The fourth-order valence-corrected chi connectivity index (χ4v) is 8.69. The average Bonchev–Trinajstić information content (AvgIpc) is 3.33. The van der Waals surface area contributed by atoms with Crippen LogP contribution >= 0.6 is 12.2 Å². The van der Waals surface area contributed by atoms with Crippen LogP contribution in [0.25, 0.3) is 0 Å². The Morgan fingerprint density at radius 1 is 1.05 bits per heavy atom. The molecule has 20 heteroatoms. The summed E-state index contributed by atoms with van der Waals surface area (Å²) in [6, 6.07) is 6.41. The van der Waals surface area contributed by atoms with Crippen molar-refractivity contribution in [3.8, 4) is 6.07 Å². The van der Waals surface area contributed by atoms with Crippen LogP contribution in [-0.4, -0.2) is 118 Å². The van der Waals surface area contributed by atoms with Crippen molar-refractivity contribution in [1.82, 2.24) is 25.0 Å². The molecule has 1 unspecified atom stereocenters. The summed E-state index contributed by atoms with van der Waals surface area (Å²) in [6.07, 6.45) is -5.91. The minimum atomic E-state index is -4.88. The van der Waals surface area contributed by atoms with Gasteiger partial charge in [0.15, 0.2) is 10.8 Å². The monoisotopic (exact) mass is 836 g/mol. The summed E-state index contributed by atoms with van der Waals surface area (Å²) in [6.45, 7) is 3.12. The number of nitrogens with one attached hydrogen (secondary N) is 2. The van der Waals surface area contributed by atoms with Crippen LogP contribution in [0.1, 0.15) is 75.1 Å². The van der Waals surface area contributed by atoms with Crippen molar-refractivity contribution in [2.24, 2.45) is 0 Å². The summed E-state index contributed by atoms with van der Waals surface area (Å²) in [5.74, 6) is -2.40. The molecule has 0 spiro atoms. The van der Waals surface area contributed by atoms with Gasteiger partial charge in [0.2, 0.25) is 17.7 Å². The molecule has 1 aromatic carbocycles. The molecular formula is C38H42F6N8O5S. The number of anilines is 2. The van der Waals surface area contributed by atoms with Crippen molar-refractivity contribution in [3.63, 3.8) is 0 Å². The second-order valence-corrected chi connectivity index (χ2v) is 15.7. The van der Waals surface area contributed by atoms with Gasteiger partial charge >= 0.3 is 12.4 Å². The summed E-state index contributed by atoms with van der Waals surface area (Å²) >= 11 is 5.64. The van der Waals surface area contributed by atoms with Crippen molar-refractivity contribution in [2.75, 3.05) is 49.5 Å². The first-order valence-corrected chi connectivity index (χ1v) is 19.2. The number of carbonyl (C=O) groups excluding carboxylic acids is 4. The third-order valence-corrected chi connectivity index (χ3v) is 11.6. The lowest BCUT2D eigenvalue weighted by molar-refractivity contribution is -0.197. The Kier molecular flexibility index (Phi) is 12.5. The molecular weight excluding hydrogens is 795 g/mol. The summed E-state index contributed by atoms with van der Waals surface area (Å²) in [4.78, 5) is 59.2. The van der Waals surface area contributed by atoms with E-state index in [9.17, 15) is 45.5 Å². The van der Waals surface area contributed by atoms with Crippen LogP contribution in [0, 0.1) is 11.3 Å². The molecule has 3 saturated heterocycles. The van der Waals surface area contributed by atoms with Gasteiger partial charge in [0, 0.05) is 44.3 Å². The summed E-state index contributed by atoms with van der Waals surface area (Å²) in [5, 5.41) is 14.1. The number of carbonyl (C=O) groups is 4. The Balaban J connectivity index is 0.970. The number of thiocarbonyl (C=S) groups is 1. The molecule has 58 heavy (non-hydrogen) atoms. The molecule has 2 N–H and O–H groups in total. The third-order valence-electron chi connectivity index (χ3n) is 11.2. The SMILES string of the molecule is CC1(C)C(=O)N(c2cnc(C#N)c(C(F)(F)F)c2)C(=S)N1[C@H]1CC[C@H](OCCN2CCN(CC(=O)Nc3ccc(C4CCC(=O)NC4=O)cc3)[C@@H](C(F)(F)F)C2)CC1. The van der Waals surface area contributed by atoms with E-state index in [0.717, 1.165) is 16.0 Å². The minimum Gasteiger partial charge on any atom is -0.377 e. The highest BCUT2D eigenvalue weighted by molar-refractivity contribution is 7.80. The lowest BCUT2D eigenvalue weighted by Gasteiger charge is -2.42. The molecule has 2 atom stereocenters. The molecule has 0 radical (unpaired) electrons. The number of amides is 4. The normalized spacial score (nSPS) is 24.8. The van der Waals surface area contributed by atoms with Crippen molar-refractivity contribution >= 4 is 52.3 Å². The number of nitrogens with zero attached hydrogens (tertiary/aromatic N) is 6. The third kappa shape index (κ3) is 9.27. The lowest BCUT2D eigenvalue weighted by atomic mass is 9.89. The molecule has 0 bridgehead atoms. The first-order valence-electron chi connectivity index (χ1n) is 18.8. The Hall–Kier alpha value is -4.71. The van der Waals surface area contributed by atoms with Crippen LogP contribution in [0.3, 0.4) is 0 Å². The van der Waals surface area contributed by atoms with E-state index in [1.807, 2.05) is 0 Å². The number of pyridine rings is 1. The van der Waals surface area contributed by atoms with Gasteiger partial charge in [0.1, 0.15) is 17.6 Å². The number of nitriles is 1. The molecule has 13 nitrogen and oxygen atoms in total. The summed E-state index contributed by atoms with van der Waals surface area (Å²) < 4.78 is 89.8. The first-order chi connectivity index (χ1) is 27.3. The number of aromatic nitrogens is 1. The number of rotatable bonds is 10. The lowest BCUT2D eigenvalue weighted by Crippen LogP contribution is -2.60. The van der Waals surface area contributed by atoms with Gasteiger partial charge < -0.3 is 15.0 Å². The fourth-order valence-electron chi connectivity index (χ4n) is 8.13. The predicted molar refractivity (Wildman–Crippen MR) is 200 cm³/mol. The zero-order chi connectivity index (χ0) is 42.2. The van der Waals surface area contributed by atoms with Gasteiger partial charge in [-0.05, 0) is 81.9 Å². The van der Waals surface area contributed by atoms with E-state index in [-0.39, 0.29) is 68.1 Å². The number of piperidine rings is 1. The molecule has 1 saturated carbocycles. The van der Waals surface area contributed by atoms with Gasteiger partial charge in [-0.1, -0.05) is 12.1 Å². The van der Waals surface area contributed by atoms with E-state index in [4.69, 9.17) is 22.2 Å². The maximum absolute atomic E-state index is 14.2. The number of ether oxygens (including phenoxy) is 1. The summed E-state index contributed by atoms with van der Waals surface area (Å²) in [7, 11) is 0. The van der Waals surface area contributed by atoms with Crippen LogP contribution in [0.4, 0.5) is 37.7 Å². The van der Waals surface area contributed by atoms with Crippen LogP contribution in [0.2, 0.25) is 0 Å². The average molecular weight is 837 g/mol. The summed E-state index contributed by atoms with van der Waals surface area (Å²) in [5.41, 5.74) is -2.46. The Labute approximate surface area is 335 Å². The second-order valence-electron chi connectivity index (χ2n) is 15.4. The zero-order valence-corrected chi connectivity index (χ0v) is 32.5. The minimum absolute atomic E-state index is 0.00548. The highest BCUT2D eigenvalue weighted by Gasteiger charge is 2.53. The molecule has 4 fully saturated rings. The Bertz CT molecular complexity index is 1970. The standard InChI is InChI=1S/C38H42F6N8O5S/c1-36(2)34(56)51(25-17-28(37(39,40)41)29(18-45)46-19-25)35(58)52(36)24-7-9-26(10-8-24)57-16-15-49-13-14-50(30(20-49)38(42,43)44)21-32(54)47-23-5-3-22(4-6-23)27-11-12-31(53)48-33(27)55/h3-6,17,19,24,26-27,30H,7-16,20-21H2,1-2H3,(H,47,54)(H,48,53,55)/t24-,26-,27?,30-/m1/s1. The van der Waals surface area contributed by atoms with E-state index in [0.29, 0.717) is 49.4 Å². The Morgan fingerprint density at radius 3 is 2.36 bits per heavy atom. The first kappa shape index (κ1) is 42.9. The van der Waals surface area contributed by atoms with Crippen LogP contribution in [0.5, 0.6) is 0 Å². The molecule has 4 heterocycles. The van der Waals surface area contributed by atoms with E-state index in [2.05, 4.69) is 15.6 Å². The highest BCUT2D eigenvalue weighted by Crippen LogP contribution is 2.40. The van der Waals surface area contributed by atoms with Gasteiger partial charge in [-0.2, -0.15) is 31.6 Å². The maximum Gasteiger partial charge on any atom is 0.419 e. The molecule has 3 aliphatic heterocycles. The smallest absolute Gasteiger partial charge is 0.377 e. The van der Waals surface area contributed by atoms with Gasteiger partial charge in [-0.25, -0.2) is 4.98 Å². The topological polar surface area (TPSA) is 151 Å². The van der Waals surface area contributed by atoms with Gasteiger partial charge in [0.25, 0.3) is 5.91 Å². The molecule has 6 rings (SSSR count). The molecule has 2 aromatic rings. The number of hydrogen-bond acceptors (Lipinski definition) is 10. The van der Waals surface area contributed by atoms with Crippen molar-refractivity contribution in [1.29, 1.82) is 5.26 Å². The maximum atomic E-state index is 14.2. The van der Waals surface area contributed by atoms with Gasteiger partial charge in [0.05, 0.1) is 42.6 Å². The van der Waals surface area contributed by atoms with Crippen LogP contribution in [-0.2, 0) is 30.1 Å². The van der Waals surface area contributed by atoms with Crippen molar-refractivity contribution in [2.45, 2.75) is 94.4 Å². The highest BCUT2D eigenvalue weighted by atomic mass is 32.1. The number of halogens is 6. The molecule has 4 amide bonds. The van der Waals surface area contributed by atoms with E-state index >= 15 is 0 Å².